The highest BCUT2D eigenvalue weighted by Gasteiger charge is 2.09. The van der Waals surface area contributed by atoms with E-state index in [1.807, 2.05) is 6.07 Å². The van der Waals surface area contributed by atoms with Gasteiger partial charge in [-0.2, -0.15) is 5.26 Å². The molecule has 5 heteroatoms. The average Bonchev–Trinajstić information content (AvgIpc) is 2.39. The van der Waals surface area contributed by atoms with Gasteiger partial charge in [-0.15, -0.1) is 11.8 Å². The Bertz CT molecular complexity index is 610. The Labute approximate surface area is 113 Å². The molecule has 0 spiro atoms. The van der Waals surface area contributed by atoms with Crippen molar-refractivity contribution in [2.75, 3.05) is 0 Å². The van der Waals surface area contributed by atoms with E-state index in [1.54, 1.807) is 30.5 Å². The van der Waals surface area contributed by atoms with E-state index in [-0.39, 0.29) is 5.56 Å². The van der Waals surface area contributed by atoms with Gasteiger partial charge in [0.15, 0.2) is 0 Å². The second-order valence-electron chi connectivity index (χ2n) is 3.47. The Kier molecular flexibility index (Phi) is 4.19. The van der Waals surface area contributed by atoms with E-state index in [0.29, 0.717) is 21.4 Å². The molecule has 0 aliphatic carbocycles. The zero-order valence-corrected chi connectivity index (χ0v) is 10.8. The third-order valence-corrected chi connectivity index (χ3v) is 3.76. The lowest BCUT2D eigenvalue weighted by molar-refractivity contribution is 0.613. The van der Waals surface area contributed by atoms with Crippen molar-refractivity contribution in [3.63, 3.8) is 0 Å². The lowest BCUT2D eigenvalue weighted by Crippen LogP contribution is -1.92. The van der Waals surface area contributed by atoms with Crippen LogP contribution in [0.25, 0.3) is 0 Å². The number of thioether (sulfide) groups is 1. The van der Waals surface area contributed by atoms with E-state index < -0.39 is 5.82 Å². The van der Waals surface area contributed by atoms with Gasteiger partial charge in [-0.25, -0.2) is 9.37 Å². The van der Waals surface area contributed by atoms with E-state index in [4.69, 9.17) is 16.9 Å². The minimum absolute atomic E-state index is 0.0558. The molecule has 0 atom stereocenters. The molecule has 2 rings (SSSR count). The molecule has 0 aliphatic rings. The quantitative estimate of drug-likeness (QED) is 0.795. The Balaban J connectivity index is 2.17. The summed E-state index contributed by atoms with van der Waals surface area (Å²) in [5.74, 6) is -0.0856. The fourth-order valence-electron chi connectivity index (χ4n) is 1.40. The Morgan fingerprint density at radius 1 is 1.33 bits per heavy atom. The van der Waals surface area contributed by atoms with Crippen LogP contribution < -0.4 is 0 Å². The molecule has 0 amide bonds. The highest BCUT2D eigenvalue weighted by atomic mass is 35.5. The van der Waals surface area contributed by atoms with Crippen LogP contribution in [0.1, 0.15) is 11.1 Å². The van der Waals surface area contributed by atoms with Gasteiger partial charge < -0.3 is 0 Å². The fraction of sp³-hybridized carbons (Fsp3) is 0.0769. The first-order chi connectivity index (χ1) is 8.72. The van der Waals surface area contributed by atoms with Gasteiger partial charge in [0.25, 0.3) is 0 Å². The van der Waals surface area contributed by atoms with Gasteiger partial charge in [0, 0.05) is 11.9 Å². The molecule has 90 valence electrons. The molecule has 1 aromatic carbocycles. The minimum Gasteiger partial charge on any atom is -0.248 e. The predicted molar refractivity (Wildman–Crippen MR) is 69.9 cm³/mol. The lowest BCUT2D eigenvalue weighted by atomic mass is 10.1. The normalized spacial score (nSPS) is 10.1. The summed E-state index contributed by atoms with van der Waals surface area (Å²) >= 11 is 7.30. The molecule has 0 saturated heterocycles. The van der Waals surface area contributed by atoms with Crippen molar-refractivity contribution in [1.29, 1.82) is 5.26 Å². The van der Waals surface area contributed by atoms with Crippen LogP contribution in [0.3, 0.4) is 0 Å². The maximum absolute atomic E-state index is 13.8. The van der Waals surface area contributed by atoms with E-state index >= 15 is 0 Å². The first-order valence-electron chi connectivity index (χ1n) is 5.13. The number of benzene rings is 1. The summed E-state index contributed by atoms with van der Waals surface area (Å²) < 4.78 is 13.8. The van der Waals surface area contributed by atoms with Crippen LogP contribution in [0.15, 0.2) is 41.6 Å². The summed E-state index contributed by atoms with van der Waals surface area (Å²) in [4.78, 5) is 4.11. The number of nitrogens with zero attached hydrogens (tertiary/aromatic N) is 2. The smallest absolute Gasteiger partial charge is 0.144 e. The second kappa shape index (κ2) is 5.85. The summed E-state index contributed by atoms with van der Waals surface area (Å²) in [6.45, 7) is 0. The molecule has 0 aliphatic heterocycles. The van der Waals surface area contributed by atoms with Crippen molar-refractivity contribution in [3.8, 4) is 6.07 Å². The van der Waals surface area contributed by atoms with E-state index in [9.17, 15) is 4.39 Å². The van der Waals surface area contributed by atoms with Crippen LogP contribution in [0.4, 0.5) is 4.39 Å². The van der Waals surface area contributed by atoms with Crippen LogP contribution in [0.2, 0.25) is 5.02 Å². The molecule has 1 heterocycles. The zero-order valence-electron chi connectivity index (χ0n) is 9.23. The lowest BCUT2D eigenvalue weighted by Gasteiger charge is -2.05. The van der Waals surface area contributed by atoms with Gasteiger partial charge in [-0.3, -0.25) is 0 Å². The van der Waals surface area contributed by atoms with Crippen LogP contribution in [-0.2, 0) is 5.75 Å². The molecule has 0 unspecified atom stereocenters. The number of nitriles is 1. The third kappa shape index (κ3) is 2.81. The molecular formula is C13H8ClFN2S. The summed E-state index contributed by atoms with van der Waals surface area (Å²) in [6.07, 6.45) is 1.64. The van der Waals surface area contributed by atoms with Gasteiger partial charge in [0.05, 0.1) is 10.6 Å². The first-order valence-corrected chi connectivity index (χ1v) is 6.49. The van der Waals surface area contributed by atoms with E-state index in [2.05, 4.69) is 4.98 Å². The van der Waals surface area contributed by atoms with Crippen molar-refractivity contribution in [2.24, 2.45) is 0 Å². The molecule has 2 aromatic rings. The van der Waals surface area contributed by atoms with Crippen LogP contribution in [0, 0.1) is 17.1 Å². The number of hydrogen-bond donors (Lipinski definition) is 0. The number of aromatic nitrogens is 1. The molecule has 2 nitrogen and oxygen atoms in total. The number of pyridine rings is 1. The maximum Gasteiger partial charge on any atom is 0.144 e. The molecular weight excluding hydrogens is 271 g/mol. The largest absolute Gasteiger partial charge is 0.248 e. The molecule has 0 bridgehead atoms. The summed E-state index contributed by atoms with van der Waals surface area (Å²) in [5.41, 5.74) is 0.529. The van der Waals surface area contributed by atoms with E-state index in [1.165, 1.54) is 17.8 Å². The SMILES string of the molecule is N#Cc1cccc(CSc2ncccc2Cl)c1F. The average molecular weight is 279 g/mol. The Hall–Kier alpha value is -1.57. The molecule has 0 radical (unpaired) electrons. The second-order valence-corrected chi connectivity index (χ2v) is 4.84. The van der Waals surface area contributed by atoms with Crippen LogP contribution >= 0.6 is 23.4 Å². The Morgan fingerprint density at radius 3 is 2.89 bits per heavy atom. The zero-order chi connectivity index (χ0) is 13.0. The van der Waals surface area contributed by atoms with Gasteiger partial charge >= 0.3 is 0 Å². The maximum atomic E-state index is 13.8. The van der Waals surface area contributed by atoms with Crippen molar-refractivity contribution < 1.29 is 4.39 Å². The van der Waals surface area contributed by atoms with Gasteiger partial charge in [-0.1, -0.05) is 23.7 Å². The summed E-state index contributed by atoms with van der Waals surface area (Å²) in [5, 5.41) is 9.94. The molecule has 18 heavy (non-hydrogen) atoms. The molecule has 0 saturated carbocycles. The van der Waals surface area contributed by atoms with Gasteiger partial charge in [0.1, 0.15) is 16.9 Å². The number of hydrogen-bond acceptors (Lipinski definition) is 3. The highest BCUT2D eigenvalue weighted by molar-refractivity contribution is 7.98. The third-order valence-electron chi connectivity index (χ3n) is 2.29. The monoisotopic (exact) mass is 278 g/mol. The molecule has 0 fully saturated rings. The molecule has 1 aromatic heterocycles. The summed E-state index contributed by atoms with van der Waals surface area (Å²) in [7, 11) is 0. The van der Waals surface area contributed by atoms with Crippen molar-refractivity contribution in [1.82, 2.24) is 4.98 Å². The van der Waals surface area contributed by atoms with Crippen LogP contribution in [-0.4, -0.2) is 4.98 Å². The fourth-order valence-corrected chi connectivity index (χ4v) is 2.54. The van der Waals surface area contributed by atoms with E-state index in [0.717, 1.165) is 0 Å². The van der Waals surface area contributed by atoms with Crippen molar-refractivity contribution >= 4 is 23.4 Å². The topological polar surface area (TPSA) is 36.7 Å². The summed E-state index contributed by atoms with van der Waals surface area (Å²) in [6, 6.07) is 10.1. The number of halogens is 2. The Morgan fingerprint density at radius 2 is 2.17 bits per heavy atom. The molecule has 0 N–H and O–H groups in total. The van der Waals surface area contributed by atoms with Crippen molar-refractivity contribution in [2.45, 2.75) is 10.8 Å². The predicted octanol–water partition coefficient (Wildman–Crippen LogP) is 4.04. The van der Waals surface area contributed by atoms with Crippen LogP contribution in [0.5, 0.6) is 0 Å². The first kappa shape index (κ1) is 12.9. The highest BCUT2D eigenvalue weighted by Crippen LogP contribution is 2.28. The number of rotatable bonds is 3. The van der Waals surface area contributed by atoms with Gasteiger partial charge in [-0.05, 0) is 23.8 Å². The van der Waals surface area contributed by atoms with Gasteiger partial charge in [0.2, 0.25) is 0 Å². The minimum atomic E-state index is -0.473. The van der Waals surface area contributed by atoms with Crippen molar-refractivity contribution in [3.05, 3.63) is 58.5 Å². The standard InChI is InChI=1S/C13H8ClFN2S/c14-11-5-2-6-17-13(11)18-8-10-4-1-3-9(7-16)12(10)15/h1-6H,8H2.